The average molecular weight is 384 g/mol. The minimum atomic E-state index is -0.136. The maximum Gasteiger partial charge on any atom is 0.289 e. The fourth-order valence-corrected chi connectivity index (χ4v) is 3.52. The van der Waals surface area contributed by atoms with Crippen molar-refractivity contribution in [1.82, 2.24) is 15.2 Å². The molecule has 2 fully saturated rings. The summed E-state index contributed by atoms with van der Waals surface area (Å²) >= 11 is 0. The lowest BCUT2D eigenvalue weighted by atomic mass is 10.2. The molecule has 1 N–H and O–H groups in total. The van der Waals surface area contributed by atoms with E-state index in [9.17, 15) is 9.59 Å². The molecule has 0 aliphatic carbocycles. The Balaban J connectivity index is 1.28. The van der Waals surface area contributed by atoms with Crippen LogP contribution >= 0.6 is 0 Å². The van der Waals surface area contributed by atoms with Crippen molar-refractivity contribution in [3.63, 3.8) is 0 Å². The zero-order valence-electron chi connectivity index (χ0n) is 15.7. The van der Waals surface area contributed by atoms with E-state index >= 15 is 0 Å². The Labute approximate surface area is 163 Å². The van der Waals surface area contributed by atoms with Crippen molar-refractivity contribution in [2.24, 2.45) is 0 Å². The molecule has 0 radical (unpaired) electrons. The average Bonchev–Trinajstić information content (AvgIpc) is 3.46. The van der Waals surface area contributed by atoms with Gasteiger partial charge in [-0.15, -0.1) is 0 Å². The van der Waals surface area contributed by atoms with Gasteiger partial charge in [0, 0.05) is 45.5 Å². The smallest absolute Gasteiger partial charge is 0.289 e. The molecule has 2 aliphatic rings. The number of rotatable bonds is 5. The Kier molecular flexibility index (Phi) is 5.57. The van der Waals surface area contributed by atoms with E-state index in [4.69, 9.17) is 9.15 Å². The van der Waals surface area contributed by atoms with E-state index in [0.29, 0.717) is 44.0 Å². The summed E-state index contributed by atoms with van der Waals surface area (Å²) < 4.78 is 10.7. The molecule has 8 nitrogen and oxygen atoms in total. The lowest BCUT2D eigenvalue weighted by Crippen LogP contribution is -2.49. The molecule has 2 saturated heterocycles. The minimum absolute atomic E-state index is 0.0872. The second-order valence-corrected chi connectivity index (χ2v) is 7.01. The van der Waals surface area contributed by atoms with Crippen molar-refractivity contribution in [1.29, 1.82) is 0 Å². The number of amides is 2. The normalized spacial score (nSPS) is 19.6. The Morgan fingerprint density at radius 3 is 2.68 bits per heavy atom. The van der Waals surface area contributed by atoms with E-state index in [0.717, 1.165) is 25.3 Å². The van der Waals surface area contributed by atoms with E-state index in [1.54, 1.807) is 29.3 Å². The van der Waals surface area contributed by atoms with Crippen molar-refractivity contribution in [3.05, 3.63) is 48.0 Å². The van der Waals surface area contributed by atoms with E-state index < -0.39 is 0 Å². The van der Waals surface area contributed by atoms with Crippen molar-refractivity contribution in [2.45, 2.75) is 18.9 Å². The molecule has 0 spiro atoms. The van der Waals surface area contributed by atoms with Crippen LogP contribution in [0.5, 0.6) is 0 Å². The first-order chi connectivity index (χ1) is 13.7. The number of nitrogens with zero attached hydrogens (tertiary/aromatic N) is 3. The summed E-state index contributed by atoms with van der Waals surface area (Å²) in [4.78, 5) is 32.9. The first-order valence-corrected chi connectivity index (χ1v) is 9.64. The van der Waals surface area contributed by atoms with Crippen LogP contribution in [0.15, 0.2) is 41.1 Å². The molecule has 8 heteroatoms. The van der Waals surface area contributed by atoms with E-state index in [1.165, 1.54) is 6.26 Å². The Morgan fingerprint density at radius 2 is 2.04 bits per heavy atom. The number of pyridine rings is 1. The number of piperazine rings is 1. The molecule has 148 valence electrons. The molecule has 4 heterocycles. The highest BCUT2D eigenvalue weighted by molar-refractivity contribution is 5.94. The van der Waals surface area contributed by atoms with Gasteiger partial charge in [-0.05, 0) is 37.1 Å². The molecule has 2 aliphatic heterocycles. The van der Waals surface area contributed by atoms with E-state index in [1.807, 2.05) is 6.07 Å². The van der Waals surface area contributed by atoms with Crippen molar-refractivity contribution < 1.29 is 18.7 Å². The number of nitrogens with one attached hydrogen (secondary N) is 1. The van der Waals surface area contributed by atoms with Gasteiger partial charge in [0.2, 0.25) is 0 Å². The molecule has 2 aromatic rings. The molecule has 1 atom stereocenters. The molecule has 2 amide bonds. The van der Waals surface area contributed by atoms with E-state index in [2.05, 4.69) is 15.2 Å². The van der Waals surface area contributed by atoms with Crippen LogP contribution in [-0.4, -0.2) is 67.1 Å². The third kappa shape index (κ3) is 4.17. The number of hydrogen-bond donors (Lipinski definition) is 1. The first-order valence-electron chi connectivity index (χ1n) is 9.64. The van der Waals surface area contributed by atoms with Gasteiger partial charge in [0.1, 0.15) is 5.82 Å². The summed E-state index contributed by atoms with van der Waals surface area (Å²) in [7, 11) is 0. The van der Waals surface area contributed by atoms with Crippen molar-refractivity contribution >= 4 is 17.6 Å². The van der Waals surface area contributed by atoms with Gasteiger partial charge in [0.05, 0.1) is 17.9 Å². The van der Waals surface area contributed by atoms with Crippen LogP contribution in [-0.2, 0) is 4.74 Å². The van der Waals surface area contributed by atoms with E-state index in [-0.39, 0.29) is 17.9 Å². The van der Waals surface area contributed by atoms with Gasteiger partial charge < -0.3 is 24.3 Å². The van der Waals surface area contributed by atoms with Crippen LogP contribution in [0.25, 0.3) is 0 Å². The molecule has 4 rings (SSSR count). The lowest BCUT2D eigenvalue weighted by Gasteiger charge is -2.35. The fraction of sp³-hybridized carbons (Fsp3) is 0.450. The third-order valence-corrected chi connectivity index (χ3v) is 5.15. The largest absolute Gasteiger partial charge is 0.459 e. The van der Waals surface area contributed by atoms with Crippen LogP contribution in [0.2, 0.25) is 0 Å². The summed E-state index contributed by atoms with van der Waals surface area (Å²) in [6, 6.07) is 7.03. The highest BCUT2D eigenvalue weighted by atomic mass is 16.5. The van der Waals surface area contributed by atoms with Gasteiger partial charge >= 0.3 is 0 Å². The number of anilines is 1. The van der Waals surface area contributed by atoms with Crippen LogP contribution in [0.4, 0.5) is 5.82 Å². The second kappa shape index (κ2) is 8.43. The molecule has 0 aromatic carbocycles. The highest BCUT2D eigenvalue weighted by Gasteiger charge is 2.24. The maximum atomic E-state index is 12.3. The summed E-state index contributed by atoms with van der Waals surface area (Å²) in [5, 5.41) is 2.90. The first kappa shape index (κ1) is 18.5. The number of hydrogen-bond acceptors (Lipinski definition) is 6. The van der Waals surface area contributed by atoms with Gasteiger partial charge in [0.15, 0.2) is 5.76 Å². The zero-order chi connectivity index (χ0) is 19.3. The molecule has 0 saturated carbocycles. The van der Waals surface area contributed by atoms with Gasteiger partial charge in [-0.25, -0.2) is 4.98 Å². The molecular weight excluding hydrogens is 360 g/mol. The van der Waals surface area contributed by atoms with Crippen molar-refractivity contribution in [2.75, 3.05) is 44.2 Å². The van der Waals surface area contributed by atoms with Gasteiger partial charge in [-0.2, -0.15) is 0 Å². The predicted octanol–water partition coefficient (Wildman–Crippen LogP) is 1.55. The Bertz CT molecular complexity index is 792. The lowest BCUT2D eigenvalue weighted by molar-refractivity contribution is 0.0714. The molecule has 2 aromatic heterocycles. The number of aromatic nitrogens is 1. The summed E-state index contributed by atoms with van der Waals surface area (Å²) in [5.41, 5.74) is 0.536. The number of carbonyl (C=O) groups is 2. The number of furan rings is 1. The number of ether oxygens (including phenoxy) is 1. The monoisotopic (exact) mass is 384 g/mol. The Hall–Kier alpha value is -2.87. The summed E-state index contributed by atoms with van der Waals surface area (Å²) in [6.07, 6.45) is 5.27. The SMILES string of the molecule is O=C(NCC1CCCO1)c1ccc(N2CCN(C(=O)c3ccco3)CC2)nc1. The Morgan fingerprint density at radius 1 is 1.18 bits per heavy atom. The van der Waals surface area contributed by atoms with Crippen LogP contribution in [0, 0.1) is 0 Å². The minimum Gasteiger partial charge on any atom is -0.459 e. The number of carbonyl (C=O) groups excluding carboxylic acids is 2. The van der Waals surface area contributed by atoms with Gasteiger partial charge in [0.25, 0.3) is 11.8 Å². The summed E-state index contributed by atoms with van der Waals surface area (Å²) in [5.74, 6) is 0.949. The van der Waals surface area contributed by atoms with Gasteiger partial charge in [-0.3, -0.25) is 9.59 Å². The van der Waals surface area contributed by atoms with Crippen LogP contribution in [0.1, 0.15) is 33.8 Å². The summed E-state index contributed by atoms with van der Waals surface area (Å²) in [6.45, 7) is 3.88. The zero-order valence-corrected chi connectivity index (χ0v) is 15.7. The van der Waals surface area contributed by atoms with Gasteiger partial charge in [-0.1, -0.05) is 0 Å². The molecule has 28 heavy (non-hydrogen) atoms. The standard InChI is InChI=1S/C20H24N4O4/c25-19(22-14-16-3-1-11-27-16)15-5-6-18(21-13-15)23-7-9-24(10-8-23)20(26)17-4-2-12-28-17/h2,4-6,12-13,16H,1,3,7-11,14H2,(H,22,25). The molecular formula is C20H24N4O4. The quantitative estimate of drug-likeness (QED) is 0.842. The fourth-order valence-electron chi connectivity index (χ4n) is 3.52. The second-order valence-electron chi connectivity index (χ2n) is 7.01. The molecule has 0 bridgehead atoms. The predicted molar refractivity (Wildman–Crippen MR) is 102 cm³/mol. The van der Waals surface area contributed by atoms with Crippen LogP contribution < -0.4 is 10.2 Å². The maximum absolute atomic E-state index is 12.3. The van der Waals surface area contributed by atoms with Crippen molar-refractivity contribution in [3.8, 4) is 0 Å². The topological polar surface area (TPSA) is 87.9 Å². The third-order valence-electron chi connectivity index (χ3n) is 5.15. The highest BCUT2D eigenvalue weighted by Crippen LogP contribution is 2.16. The molecule has 1 unspecified atom stereocenters. The van der Waals surface area contributed by atoms with Crippen LogP contribution in [0.3, 0.4) is 0 Å².